The van der Waals surface area contributed by atoms with Gasteiger partial charge in [0.05, 0.1) is 6.61 Å². The summed E-state index contributed by atoms with van der Waals surface area (Å²) in [6.07, 6.45) is 3.21. The minimum absolute atomic E-state index is 0.277. The molecule has 0 unspecified atom stereocenters. The van der Waals surface area contributed by atoms with E-state index in [0.29, 0.717) is 24.4 Å². The molecule has 0 saturated carbocycles. The Morgan fingerprint density at radius 1 is 0.909 bits per heavy atom. The predicted molar refractivity (Wildman–Crippen MR) is 89.6 cm³/mol. The van der Waals surface area contributed by atoms with Crippen LogP contribution in [0, 0.1) is 0 Å². The van der Waals surface area contributed by atoms with Crippen molar-refractivity contribution in [1.82, 2.24) is 4.90 Å². The van der Waals surface area contributed by atoms with E-state index in [1.807, 2.05) is 19.0 Å². The van der Waals surface area contributed by atoms with Gasteiger partial charge in [0.15, 0.2) is 0 Å². The Kier molecular flexibility index (Phi) is 14.8. The van der Waals surface area contributed by atoms with Gasteiger partial charge in [-0.15, -0.1) is 0 Å². The number of carbonyl (C=O) groups excluding carboxylic acids is 2. The fourth-order valence-corrected chi connectivity index (χ4v) is 1.08. The molecule has 0 aliphatic heterocycles. The van der Waals surface area contributed by atoms with Crippen LogP contribution in [0.25, 0.3) is 0 Å². The molecule has 5 heteroatoms. The Morgan fingerprint density at radius 2 is 1.36 bits per heavy atom. The molecular formula is C17H31NO4. The van der Waals surface area contributed by atoms with Crippen molar-refractivity contribution < 1.29 is 19.1 Å². The maximum absolute atomic E-state index is 10.8. The van der Waals surface area contributed by atoms with Crippen LogP contribution >= 0.6 is 0 Å². The molecule has 0 spiro atoms. The Bertz CT molecular complexity index is 362. The molecule has 0 radical (unpaired) electrons. The molecule has 0 atom stereocenters. The molecule has 0 aliphatic rings. The topological polar surface area (TPSA) is 55.8 Å². The first-order valence-corrected chi connectivity index (χ1v) is 7.52. The van der Waals surface area contributed by atoms with E-state index in [4.69, 9.17) is 9.47 Å². The van der Waals surface area contributed by atoms with Crippen LogP contribution in [-0.2, 0) is 19.1 Å². The Hall–Kier alpha value is -1.62. The number of carbonyl (C=O) groups is 2. The average molecular weight is 313 g/mol. The number of hydrogen-bond acceptors (Lipinski definition) is 5. The highest BCUT2D eigenvalue weighted by molar-refractivity contribution is 5.87. The molecule has 0 aromatic heterocycles. The molecule has 0 bridgehead atoms. The zero-order valence-corrected chi connectivity index (χ0v) is 14.7. The summed E-state index contributed by atoms with van der Waals surface area (Å²) in [6, 6.07) is 0. The third-order valence-electron chi connectivity index (χ3n) is 2.45. The van der Waals surface area contributed by atoms with E-state index >= 15 is 0 Å². The van der Waals surface area contributed by atoms with Crippen molar-refractivity contribution in [2.24, 2.45) is 0 Å². The van der Waals surface area contributed by atoms with Gasteiger partial charge < -0.3 is 14.4 Å². The van der Waals surface area contributed by atoms with Crippen molar-refractivity contribution in [2.45, 2.75) is 40.0 Å². The summed E-state index contributed by atoms with van der Waals surface area (Å²) < 4.78 is 9.70. The summed E-state index contributed by atoms with van der Waals surface area (Å²) in [4.78, 5) is 23.5. The van der Waals surface area contributed by atoms with Crippen LogP contribution in [-0.4, -0.2) is 50.7 Å². The normalized spacial score (nSPS) is 9.55. The Balaban J connectivity index is 0. The minimum Gasteiger partial charge on any atom is -0.462 e. The fourth-order valence-electron chi connectivity index (χ4n) is 1.08. The quantitative estimate of drug-likeness (QED) is 0.372. The van der Waals surface area contributed by atoms with Crippen LogP contribution in [0.1, 0.15) is 40.0 Å². The Morgan fingerprint density at radius 3 is 1.73 bits per heavy atom. The molecule has 0 saturated heterocycles. The molecule has 5 nitrogen and oxygen atoms in total. The molecule has 128 valence electrons. The second-order valence-electron chi connectivity index (χ2n) is 5.34. The van der Waals surface area contributed by atoms with Gasteiger partial charge in [-0.1, -0.05) is 32.9 Å². The highest BCUT2D eigenvalue weighted by Gasteiger charge is 2.02. The summed E-state index contributed by atoms with van der Waals surface area (Å²) in [5.41, 5.74) is 0.922. The third kappa shape index (κ3) is 16.4. The van der Waals surface area contributed by atoms with Crippen molar-refractivity contribution in [2.75, 3.05) is 33.9 Å². The zero-order chi connectivity index (χ0) is 17.5. The van der Waals surface area contributed by atoms with Crippen molar-refractivity contribution in [3.8, 4) is 0 Å². The van der Waals surface area contributed by atoms with Gasteiger partial charge in [0.1, 0.15) is 6.61 Å². The van der Waals surface area contributed by atoms with Crippen molar-refractivity contribution in [3.05, 3.63) is 24.3 Å². The number of ether oxygens (including phenoxy) is 2. The first-order chi connectivity index (χ1) is 10.2. The molecule has 0 amide bonds. The third-order valence-corrected chi connectivity index (χ3v) is 2.45. The number of unbranched alkanes of at least 4 members (excludes halogenated alkanes) is 2. The van der Waals surface area contributed by atoms with Crippen molar-refractivity contribution in [1.29, 1.82) is 0 Å². The van der Waals surface area contributed by atoms with E-state index in [2.05, 4.69) is 20.1 Å². The molecule has 0 aliphatic carbocycles. The van der Waals surface area contributed by atoms with Crippen LogP contribution in [0.5, 0.6) is 0 Å². The van der Waals surface area contributed by atoms with Gasteiger partial charge in [0.2, 0.25) is 0 Å². The molecule has 0 fully saturated rings. The zero-order valence-electron chi connectivity index (χ0n) is 14.7. The van der Waals surface area contributed by atoms with Gasteiger partial charge in [-0.2, -0.15) is 0 Å². The lowest BCUT2D eigenvalue weighted by Crippen LogP contribution is -2.20. The molecule has 0 N–H and O–H groups in total. The smallest absolute Gasteiger partial charge is 0.333 e. The van der Waals surface area contributed by atoms with E-state index in [1.54, 1.807) is 13.8 Å². The van der Waals surface area contributed by atoms with Gasteiger partial charge >= 0.3 is 11.9 Å². The van der Waals surface area contributed by atoms with Crippen molar-refractivity contribution >= 4 is 11.9 Å². The molecule has 22 heavy (non-hydrogen) atoms. The average Bonchev–Trinajstić information content (AvgIpc) is 2.43. The van der Waals surface area contributed by atoms with Crippen LogP contribution in [0.3, 0.4) is 0 Å². The van der Waals surface area contributed by atoms with Crippen LogP contribution in [0.2, 0.25) is 0 Å². The van der Waals surface area contributed by atoms with E-state index in [1.165, 1.54) is 0 Å². The van der Waals surface area contributed by atoms with E-state index < -0.39 is 0 Å². The van der Waals surface area contributed by atoms with Gasteiger partial charge in [-0.3, -0.25) is 0 Å². The lowest BCUT2D eigenvalue weighted by Gasteiger charge is -2.09. The van der Waals surface area contributed by atoms with Crippen LogP contribution in [0.15, 0.2) is 24.3 Å². The fraction of sp³-hybridized carbons (Fsp3) is 0.647. The summed E-state index contributed by atoms with van der Waals surface area (Å²) in [7, 11) is 3.85. The first-order valence-electron chi connectivity index (χ1n) is 7.52. The molecule has 0 heterocycles. The maximum atomic E-state index is 10.8. The standard InChI is InChI=1S/C9H16O2.C8H15NO2/c1-4-5-6-7-11-9(10)8(2)3;1-7(2)8(10)11-6-5-9(3)4/h2,4-7H2,1,3H3;1,5-6H2,2-4H3. The summed E-state index contributed by atoms with van der Waals surface area (Å²) >= 11 is 0. The second kappa shape index (κ2) is 14.3. The van der Waals surface area contributed by atoms with Gasteiger partial charge in [0.25, 0.3) is 0 Å². The molecule has 0 rings (SSSR count). The summed E-state index contributed by atoms with van der Waals surface area (Å²) in [6.45, 7) is 14.1. The number of esters is 2. The summed E-state index contributed by atoms with van der Waals surface area (Å²) in [5.74, 6) is -0.590. The first kappa shape index (κ1) is 22.7. The van der Waals surface area contributed by atoms with Crippen LogP contribution in [0.4, 0.5) is 0 Å². The maximum Gasteiger partial charge on any atom is 0.333 e. The van der Waals surface area contributed by atoms with Gasteiger partial charge in [-0.05, 0) is 34.4 Å². The lowest BCUT2D eigenvalue weighted by atomic mass is 10.3. The monoisotopic (exact) mass is 313 g/mol. The largest absolute Gasteiger partial charge is 0.462 e. The van der Waals surface area contributed by atoms with Gasteiger partial charge in [0, 0.05) is 17.7 Å². The summed E-state index contributed by atoms with van der Waals surface area (Å²) in [5, 5.41) is 0. The number of hydrogen-bond donors (Lipinski definition) is 0. The second-order valence-corrected chi connectivity index (χ2v) is 5.34. The minimum atomic E-state index is -0.313. The number of likely N-dealkylation sites (N-methyl/N-ethyl adjacent to an activating group) is 1. The van der Waals surface area contributed by atoms with Crippen molar-refractivity contribution in [3.63, 3.8) is 0 Å². The van der Waals surface area contributed by atoms with E-state index in [-0.39, 0.29) is 11.9 Å². The molecule has 0 aromatic carbocycles. The molecule has 0 aromatic rings. The van der Waals surface area contributed by atoms with Crippen LogP contribution < -0.4 is 0 Å². The highest BCUT2D eigenvalue weighted by atomic mass is 16.5. The predicted octanol–water partition coefficient (Wildman–Crippen LogP) is 2.96. The molecular weight excluding hydrogens is 282 g/mol. The number of nitrogens with zero attached hydrogens (tertiary/aromatic N) is 1. The lowest BCUT2D eigenvalue weighted by molar-refractivity contribution is -0.140. The SMILES string of the molecule is C=C(C)C(=O)OCCCCC.C=C(C)C(=O)OCCN(C)C. The highest BCUT2D eigenvalue weighted by Crippen LogP contribution is 1.97. The van der Waals surface area contributed by atoms with Gasteiger partial charge in [-0.25, -0.2) is 9.59 Å². The Labute approximate surface area is 135 Å². The van der Waals surface area contributed by atoms with E-state index in [0.717, 1.165) is 25.8 Å². The van der Waals surface area contributed by atoms with E-state index in [9.17, 15) is 9.59 Å². The number of rotatable bonds is 9.